The summed E-state index contributed by atoms with van der Waals surface area (Å²) in [5.74, 6) is 0. The molecule has 3 heteroatoms. The number of rotatable bonds is 4. The fourth-order valence-electron chi connectivity index (χ4n) is 3.84. The molecule has 0 saturated heterocycles. The van der Waals surface area contributed by atoms with Gasteiger partial charge in [-0.05, 0) is 23.3 Å². The second-order valence-electron chi connectivity index (χ2n) is 10.2. The molecule has 0 aliphatic rings. The quantitative estimate of drug-likeness (QED) is 0.333. The smallest absolute Gasteiger partial charge is 0.0776 e. The second-order valence-corrected chi connectivity index (χ2v) is 20.4. The molecule has 0 radical (unpaired) electrons. The van der Waals surface area contributed by atoms with Crippen LogP contribution in [0.5, 0.6) is 0 Å². The first-order valence-corrected chi connectivity index (χ1v) is 17.7. The predicted molar refractivity (Wildman–Crippen MR) is 139 cm³/mol. The Hall–Kier alpha value is -2.50. The first kappa shape index (κ1) is 20.8. The number of hydrogen-bond donors (Lipinski definition) is 0. The van der Waals surface area contributed by atoms with Crippen LogP contribution >= 0.6 is 0 Å². The maximum absolute atomic E-state index is 5.07. The molecule has 0 spiro atoms. The molecule has 152 valence electrons. The van der Waals surface area contributed by atoms with Crippen molar-refractivity contribution in [1.29, 1.82) is 0 Å². The summed E-state index contributed by atoms with van der Waals surface area (Å²) in [6.45, 7) is 14.4. The second kappa shape index (κ2) is 7.64. The molecule has 3 aromatic carbocycles. The van der Waals surface area contributed by atoms with Crippen molar-refractivity contribution in [3.63, 3.8) is 0 Å². The summed E-state index contributed by atoms with van der Waals surface area (Å²) in [4.78, 5) is 5.07. The lowest BCUT2D eigenvalue weighted by molar-refractivity contribution is 1.40. The monoisotopic (exact) mass is 425 g/mol. The lowest BCUT2D eigenvalue weighted by atomic mass is 9.98. The highest BCUT2D eigenvalue weighted by Crippen LogP contribution is 2.32. The maximum atomic E-state index is 5.07. The third-order valence-electron chi connectivity index (χ3n) is 5.81. The largest absolute Gasteiger partial charge is 0.248 e. The fraction of sp³-hybridized carbons (Fsp3) is 0.222. The zero-order valence-electron chi connectivity index (χ0n) is 19.0. The van der Waals surface area contributed by atoms with Crippen molar-refractivity contribution in [2.75, 3.05) is 0 Å². The van der Waals surface area contributed by atoms with Crippen molar-refractivity contribution >= 4 is 37.4 Å². The summed E-state index contributed by atoms with van der Waals surface area (Å²) in [6, 6.07) is 29.0. The van der Waals surface area contributed by atoms with Crippen molar-refractivity contribution in [2.45, 2.75) is 39.3 Å². The van der Waals surface area contributed by atoms with Crippen LogP contribution in [0.2, 0.25) is 39.3 Å². The highest BCUT2D eigenvalue weighted by molar-refractivity contribution is 6.89. The number of nitrogens with zero attached hydrogens (tertiary/aromatic N) is 1. The number of aromatic nitrogens is 1. The SMILES string of the molecule is C[Si](C)(C)c1ccc(-c2cc(-c3ccccc3)c3cc([Si](C)(C)C)ccc3n2)cc1. The summed E-state index contributed by atoms with van der Waals surface area (Å²) in [6.07, 6.45) is 0. The van der Waals surface area contributed by atoms with Gasteiger partial charge in [-0.3, -0.25) is 0 Å². The van der Waals surface area contributed by atoms with Gasteiger partial charge in [-0.2, -0.15) is 0 Å². The van der Waals surface area contributed by atoms with Crippen LogP contribution in [-0.2, 0) is 0 Å². The van der Waals surface area contributed by atoms with Gasteiger partial charge in [0.2, 0.25) is 0 Å². The lowest BCUT2D eigenvalue weighted by Gasteiger charge is -2.19. The van der Waals surface area contributed by atoms with Gasteiger partial charge in [0.1, 0.15) is 0 Å². The minimum absolute atomic E-state index is 1.05. The predicted octanol–water partition coefficient (Wildman–Crippen LogP) is 6.66. The molecule has 1 heterocycles. The molecule has 0 atom stereocenters. The van der Waals surface area contributed by atoms with Crippen LogP contribution in [0.1, 0.15) is 0 Å². The van der Waals surface area contributed by atoms with E-state index in [0.717, 1.165) is 11.2 Å². The van der Waals surface area contributed by atoms with Crippen LogP contribution in [0.3, 0.4) is 0 Å². The molecule has 0 unspecified atom stereocenters. The normalized spacial score (nSPS) is 12.3. The van der Waals surface area contributed by atoms with Crippen LogP contribution in [0.4, 0.5) is 0 Å². The van der Waals surface area contributed by atoms with Crippen molar-refractivity contribution in [3.8, 4) is 22.4 Å². The van der Waals surface area contributed by atoms with E-state index in [1.807, 2.05) is 0 Å². The molecule has 0 bridgehead atoms. The summed E-state index contributed by atoms with van der Waals surface area (Å²) in [5.41, 5.74) is 5.82. The summed E-state index contributed by atoms with van der Waals surface area (Å²) in [5, 5.41) is 4.21. The van der Waals surface area contributed by atoms with E-state index in [1.165, 1.54) is 32.5 Å². The van der Waals surface area contributed by atoms with Crippen molar-refractivity contribution in [3.05, 3.63) is 78.9 Å². The minimum atomic E-state index is -1.40. The Balaban J connectivity index is 1.93. The Morgan fingerprint density at radius 3 is 1.77 bits per heavy atom. The van der Waals surface area contributed by atoms with Gasteiger partial charge in [-0.1, -0.05) is 116 Å². The molecule has 0 aliphatic carbocycles. The Labute approximate surface area is 182 Å². The average Bonchev–Trinajstić information content (AvgIpc) is 2.72. The molecule has 0 N–H and O–H groups in total. The Bertz CT molecular complexity index is 1180. The third-order valence-corrected chi connectivity index (χ3v) is 9.91. The van der Waals surface area contributed by atoms with Gasteiger partial charge in [-0.15, -0.1) is 0 Å². The van der Waals surface area contributed by atoms with Gasteiger partial charge >= 0.3 is 0 Å². The maximum Gasteiger partial charge on any atom is 0.0776 e. The van der Waals surface area contributed by atoms with E-state index in [1.54, 1.807) is 0 Å². The topological polar surface area (TPSA) is 12.9 Å². The van der Waals surface area contributed by atoms with Crippen LogP contribution in [-0.4, -0.2) is 21.1 Å². The molecular weight excluding hydrogens is 394 g/mol. The number of pyridine rings is 1. The van der Waals surface area contributed by atoms with Crippen LogP contribution < -0.4 is 10.4 Å². The molecule has 4 rings (SSSR count). The number of benzene rings is 3. The Kier molecular flexibility index (Phi) is 5.29. The van der Waals surface area contributed by atoms with E-state index < -0.39 is 16.1 Å². The average molecular weight is 426 g/mol. The highest BCUT2D eigenvalue weighted by atomic mass is 28.3. The van der Waals surface area contributed by atoms with Gasteiger partial charge < -0.3 is 0 Å². The Morgan fingerprint density at radius 2 is 1.17 bits per heavy atom. The first-order valence-electron chi connectivity index (χ1n) is 10.7. The zero-order chi connectivity index (χ0) is 21.5. The van der Waals surface area contributed by atoms with Crippen LogP contribution in [0, 0.1) is 0 Å². The van der Waals surface area contributed by atoms with Gasteiger partial charge in [-0.25, -0.2) is 4.98 Å². The van der Waals surface area contributed by atoms with Gasteiger partial charge in [0.25, 0.3) is 0 Å². The fourth-order valence-corrected chi connectivity index (χ4v) is 6.17. The standard InChI is InChI=1S/C27H31NSi2/c1-29(2,3)22-14-12-21(13-15-22)27-19-24(20-10-8-7-9-11-20)25-18-23(30(4,5)6)16-17-26(25)28-27/h7-19H,1-6H3. The summed E-state index contributed by atoms with van der Waals surface area (Å²) in [7, 11) is -2.71. The van der Waals surface area contributed by atoms with Crippen LogP contribution in [0.15, 0.2) is 78.9 Å². The first-order chi connectivity index (χ1) is 14.1. The van der Waals surface area contributed by atoms with Crippen molar-refractivity contribution in [1.82, 2.24) is 4.98 Å². The van der Waals surface area contributed by atoms with E-state index in [0.29, 0.717) is 0 Å². The lowest BCUT2D eigenvalue weighted by Crippen LogP contribution is -2.37. The molecule has 1 aromatic heterocycles. The van der Waals surface area contributed by atoms with Crippen LogP contribution in [0.25, 0.3) is 33.3 Å². The number of fused-ring (bicyclic) bond motifs is 1. The number of hydrogen-bond acceptors (Lipinski definition) is 1. The molecule has 0 fully saturated rings. The van der Waals surface area contributed by atoms with E-state index in [4.69, 9.17) is 4.98 Å². The highest BCUT2D eigenvalue weighted by Gasteiger charge is 2.19. The molecule has 0 aliphatic heterocycles. The molecule has 0 saturated carbocycles. The van der Waals surface area contributed by atoms with Gasteiger partial charge in [0, 0.05) is 10.9 Å². The van der Waals surface area contributed by atoms with E-state index >= 15 is 0 Å². The van der Waals surface area contributed by atoms with E-state index in [-0.39, 0.29) is 0 Å². The molecule has 1 nitrogen and oxygen atoms in total. The molecule has 4 aromatic rings. The molecule has 0 amide bonds. The third kappa shape index (κ3) is 4.18. The van der Waals surface area contributed by atoms with E-state index in [2.05, 4.69) is 118 Å². The summed E-state index contributed by atoms with van der Waals surface area (Å²) >= 11 is 0. The van der Waals surface area contributed by atoms with Crippen molar-refractivity contribution < 1.29 is 0 Å². The Morgan fingerprint density at radius 1 is 0.567 bits per heavy atom. The minimum Gasteiger partial charge on any atom is -0.248 e. The van der Waals surface area contributed by atoms with Gasteiger partial charge in [0.05, 0.1) is 27.4 Å². The zero-order valence-corrected chi connectivity index (χ0v) is 21.0. The molecule has 30 heavy (non-hydrogen) atoms. The van der Waals surface area contributed by atoms with Crippen molar-refractivity contribution in [2.24, 2.45) is 0 Å². The summed E-state index contributed by atoms with van der Waals surface area (Å²) < 4.78 is 0. The van der Waals surface area contributed by atoms with Gasteiger partial charge in [0.15, 0.2) is 0 Å². The molecular formula is C27H31NSi2. The van der Waals surface area contributed by atoms with E-state index in [9.17, 15) is 0 Å².